The molecule has 22 heavy (non-hydrogen) atoms. The molecule has 1 unspecified atom stereocenters. The maximum Gasteiger partial charge on any atom is 0.161 e. The molecule has 0 radical (unpaired) electrons. The zero-order valence-corrected chi connectivity index (χ0v) is 13.6. The summed E-state index contributed by atoms with van der Waals surface area (Å²) in [5.74, 6) is 1.27. The number of allylic oxidation sites excluding steroid dienone is 1. The summed E-state index contributed by atoms with van der Waals surface area (Å²) >= 11 is 0. The molecule has 2 nitrogen and oxygen atoms in total. The summed E-state index contributed by atoms with van der Waals surface area (Å²) in [4.78, 5) is 0. The molecule has 0 aromatic heterocycles. The van der Waals surface area contributed by atoms with Gasteiger partial charge in [-0.2, -0.15) is 0 Å². The normalized spacial score (nSPS) is 51.0. The van der Waals surface area contributed by atoms with Crippen molar-refractivity contribution in [3.8, 4) is 0 Å². The van der Waals surface area contributed by atoms with Crippen LogP contribution in [-0.4, -0.2) is 22.7 Å². The third kappa shape index (κ3) is 1.91. The summed E-state index contributed by atoms with van der Waals surface area (Å²) in [6, 6.07) is 0. The number of rotatable bonds is 1. The minimum absolute atomic E-state index is 0.151. The zero-order valence-electron chi connectivity index (χ0n) is 13.6. The molecule has 0 bridgehead atoms. The summed E-state index contributed by atoms with van der Waals surface area (Å²) in [7, 11) is 0. The minimum atomic E-state index is -1.25. The highest BCUT2D eigenvalue weighted by Gasteiger charge is 2.60. The molecule has 4 aliphatic rings. The van der Waals surface area contributed by atoms with Gasteiger partial charge in [0, 0.05) is 5.41 Å². The Hall–Kier alpha value is -0.410. The van der Waals surface area contributed by atoms with Crippen molar-refractivity contribution in [3.05, 3.63) is 11.6 Å². The lowest BCUT2D eigenvalue weighted by molar-refractivity contribution is -0.183. The average Bonchev–Trinajstić information content (AvgIpc) is 2.80. The molecule has 4 aliphatic carbocycles. The van der Waals surface area contributed by atoms with Crippen LogP contribution in [0.4, 0.5) is 4.39 Å². The molecular formula is C19H29FO2. The molecular weight excluding hydrogens is 279 g/mol. The van der Waals surface area contributed by atoms with E-state index in [4.69, 9.17) is 0 Å². The molecule has 0 amide bonds. The predicted molar refractivity (Wildman–Crippen MR) is 83.8 cm³/mol. The summed E-state index contributed by atoms with van der Waals surface area (Å²) in [5, 5.41) is 20.6. The third-order valence-corrected chi connectivity index (χ3v) is 7.81. The maximum absolute atomic E-state index is 14.1. The molecule has 6 atom stereocenters. The van der Waals surface area contributed by atoms with E-state index in [-0.39, 0.29) is 5.41 Å². The summed E-state index contributed by atoms with van der Waals surface area (Å²) in [6.07, 6.45) is 9.05. The van der Waals surface area contributed by atoms with Gasteiger partial charge in [0.1, 0.15) is 6.17 Å². The Bertz CT molecular complexity index is 488. The highest BCUT2D eigenvalue weighted by molar-refractivity contribution is 5.25. The molecule has 0 aliphatic heterocycles. The first kappa shape index (κ1) is 15.1. The Labute approximate surface area is 132 Å². The van der Waals surface area contributed by atoms with Crippen LogP contribution in [0.25, 0.3) is 0 Å². The van der Waals surface area contributed by atoms with E-state index in [2.05, 4.69) is 13.0 Å². The van der Waals surface area contributed by atoms with Crippen LogP contribution in [0.5, 0.6) is 0 Å². The maximum atomic E-state index is 14.1. The zero-order chi connectivity index (χ0) is 15.5. The third-order valence-electron chi connectivity index (χ3n) is 7.81. The van der Waals surface area contributed by atoms with Gasteiger partial charge in [0.15, 0.2) is 6.29 Å². The van der Waals surface area contributed by atoms with E-state index >= 15 is 0 Å². The highest BCUT2D eigenvalue weighted by Crippen LogP contribution is 2.66. The quantitative estimate of drug-likeness (QED) is 0.568. The molecule has 4 rings (SSSR count). The standard InChI is InChI=1S/C19H29FO2/c1-18-9-7-15-14(16(18)10-13(20)11-18)6-5-12-4-2-3-8-19(12,15)17(21)22/h4,13-17,21-22H,2-3,5-11H2,1H3/t13?,14-,15-,16+,18-,19-/m1/s1. The summed E-state index contributed by atoms with van der Waals surface area (Å²) < 4.78 is 14.1. The van der Waals surface area contributed by atoms with Crippen molar-refractivity contribution in [2.24, 2.45) is 28.6 Å². The van der Waals surface area contributed by atoms with Gasteiger partial charge in [-0.1, -0.05) is 18.6 Å². The molecule has 0 aromatic carbocycles. The molecule has 2 N–H and O–H groups in total. The van der Waals surface area contributed by atoms with Gasteiger partial charge in [0.25, 0.3) is 0 Å². The van der Waals surface area contributed by atoms with Crippen molar-refractivity contribution in [1.29, 1.82) is 0 Å². The van der Waals surface area contributed by atoms with Crippen LogP contribution in [0.3, 0.4) is 0 Å². The Balaban J connectivity index is 1.72. The molecule has 3 fully saturated rings. The molecule has 3 saturated carbocycles. The number of alkyl halides is 1. The topological polar surface area (TPSA) is 40.5 Å². The monoisotopic (exact) mass is 308 g/mol. The first-order valence-electron chi connectivity index (χ1n) is 9.17. The van der Waals surface area contributed by atoms with Gasteiger partial charge < -0.3 is 10.2 Å². The number of hydrogen-bond donors (Lipinski definition) is 2. The fourth-order valence-corrected chi connectivity index (χ4v) is 6.89. The van der Waals surface area contributed by atoms with Crippen molar-refractivity contribution in [1.82, 2.24) is 0 Å². The van der Waals surface area contributed by atoms with E-state index in [0.29, 0.717) is 24.2 Å². The van der Waals surface area contributed by atoms with Gasteiger partial charge in [0.2, 0.25) is 0 Å². The lowest BCUT2D eigenvalue weighted by Crippen LogP contribution is -2.54. The second kappa shape index (κ2) is 5.04. The second-order valence-electron chi connectivity index (χ2n) is 8.68. The first-order chi connectivity index (χ1) is 10.5. The Kier molecular flexibility index (Phi) is 3.47. The van der Waals surface area contributed by atoms with Crippen LogP contribution < -0.4 is 0 Å². The van der Waals surface area contributed by atoms with Crippen LogP contribution >= 0.6 is 0 Å². The van der Waals surface area contributed by atoms with Gasteiger partial charge >= 0.3 is 0 Å². The average molecular weight is 308 g/mol. The molecule has 124 valence electrons. The van der Waals surface area contributed by atoms with Gasteiger partial charge in [-0.3, -0.25) is 0 Å². The molecule has 0 aromatic rings. The second-order valence-corrected chi connectivity index (χ2v) is 8.68. The lowest BCUT2D eigenvalue weighted by Gasteiger charge is -2.58. The van der Waals surface area contributed by atoms with E-state index in [9.17, 15) is 14.6 Å². The number of aliphatic hydroxyl groups excluding tert-OH is 1. The largest absolute Gasteiger partial charge is 0.367 e. The Morgan fingerprint density at radius 2 is 2.05 bits per heavy atom. The molecule has 0 saturated heterocycles. The van der Waals surface area contributed by atoms with E-state index in [1.807, 2.05) is 0 Å². The highest BCUT2D eigenvalue weighted by atomic mass is 19.1. The minimum Gasteiger partial charge on any atom is -0.367 e. The van der Waals surface area contributed by atoms with Crippen molar-refractivity contribution < 1.29 is 14.6 Å². The molecule has 0 spiro atoms. The molecule has 3 heteroatoms. The van der Waals surface area contributed by atoms with Crippen molar-refractivity contribution in [3.63, 3.8) is 0 Å². The van der Waals surface area contributed by atoms with Crippen LogP contribution in [0.15, 0.2) is 11.6 Å². The van der Waals surface area contributed by atoms with Gasteiger partial charge in [-0.25, -0.2) is 4.39 Å². The first-order valence-corrected chi connectivity index (χ1v) is 9.17. The lowest BCUT2D eigenvalue weighted by atomic mass is 9.47. The van der Waals surface area contributed by atoms with Crippen LogP contribution in [0, 0.1) is 28.6 Å². The van der Waals surface area contributed by atoms with Crippen LogP contribution in [0.1, 0.15) is 64.7 Å². The van der Waals surface area contributed by atoms with Crippen LogP contribution in [0.2, 0.25) is 0 Å². The van der Waals surface area contributed by atoms with Gasteiger partial charge in [0.05, 0.1) is 0 Å². The SMILES string of the molecule is C[C@]12CC[C@@H]3[C@@H](CCC4=CCCC[C@@]43C(O)O)[C@@H]1CC(F)C2. The number of halogens is 1. The smallest absolute Gasteiger partial charge is 0.161 e. The number of aliphatic hydroxyl groups is 2. The van der Waals surface area contributed by atoms with Crippen molar-refractivity contribution >= 4 is 0 Å². The van der Waals surface area contributed by atoms with Crippen LogP contribution in [-0.2, 0) is 0 Å². The molecule has 0 heterocycles. The van der Waals surface area contributed by atoms with Crippen molar-refractivity contribution in [2.45, 2.75) is 77.2 Å². The van der Waals surface area contributed by atoms with E-state index < -0.39 is 17.9 Å². The number of fused-ring (bicyclic) bond motifs is 5. The number of hydrogen-bond acceptors (Lipinski definition) is 2. The van der Waals surface area contributed by atoms with Crippen molar-refractivity contribution in [2.75, 3.05) is 0 Å². The fourth-order valence-electron chi connectivity index (χ4n) is 6.89. The van der Waals surface area contributed by atoms with E-state index in [1.165, 1.54) is 5.57 Å². The Morgan fingerprint density at radius 1 is 1.23 bits per heavy atom. The van der Waals surface area contributed by atoms with Gasteiger partial charge in [-0.05, 0) is 81.0 Å². The predicted octanol–water partition coefficient (Wildman–Crippen LogP) is 3.97. The Morgan fingerprint density at radius 3 is 2.82 bits per heavy atom. The fraction of sp³-hybridized carbons (Fsp3) is 0.895. The van der Waals surface area contributed by atoms with E-state index in [0.717, 1.165) is 51.4 Å². The van der Waals surface area contributed by atoms with E-state index in [1.54, 1.807) is 0 Å². The van der Waals surface area contributed by atoms with Gasteiger partial charge in [-0.15, -0.1) is 0 Å². The summed E-state index contributed by atoms with van der Waals surface area (Å²) in [6.45, 7) is 2.28. The summed E-state index contributed by atoms with van der Waals surface area (Å²) in [5.41, 5.74) is 1.03.